The number of aromatic amines is 1. The van der Waals surface area contributed by atoms with Crippen LogP contribution in [0.15, 0.2) is 24.8 Å². The molecule has 0 aliphatic rings. The van der Waals surface area contributed by atoms with Gasteiger partial charge in [0.2, 0.25) is 0 Å². The highest BCUT2D eigenvalue weighted by molar-refractivity contribution is 5.70. The number of rotatable bonds is 2. The van der Waals surface area contributed by atoms with E-state index in [9.17, 15) is 0 Å². The van der Waals surface area contributed by atoms with Crippen LogP contribution in [-0.4, -0.2) is 29.9 Å². The number of nitrogens with one attached hydrogen (secondary N) is 1. The molecular weight excluding hydrogens is 240 g/mol. The summed E-state index contributed by atoms with van der Waals surface area (Å²) in [5.74, 6) is 0.810. The fourth-order valence-electron chi connectivity index (χ4n) is 2.22. The van der Waals surface area contributed by atoms with Gasteiger partial charge < -0.3 is 0 Å². The summed E-state index contributed by atoms with van der Waals surface area (Å²) in [4.78, 5) is 4.60. The van der Waals surface area contributed by atoms with E-state index in [2.05, 4.69) is 31.4 Å². The number of aromatic nitrogens is 6. The molecule has 1 N–H and O–H groups in total. The maximum absolute atomic E-state index is 4.60. The Morgan fingerprint density at radius 2 is 1.74 bits per heavy atom. The summed E-state index contributed by atoms with van der Waals surface area (Å²) in [6, 6.07) is 4.01. The Morgan fingerprint density at radius 1 is 1.00 bits per heavy atom. The molecule has 3 heterocycles. The molecule has 0 aliphatic carbocycles. The van der Waals surface area contributed by atoms with E-state index in [1.54, 1.807) is 17.2 Å². The Morgan fingerprint density at radius 3 is 2.32 bits per heavy atom. The Labute approximate surface area is 110 Å². The number of nitrogens with zero attached hydrogens (tertiary/aromatic N) is 5. The predicted molar refractivity (Wildman–Crippen MR) is 70.9 cm³/mol. The number of H-pyrrole nitrogens is 1. The van der Waals surface area contributed by atoms with Crippen molar-refractivity contribution in [2.45, 2.75) is 20.8 Å². The second-order valence-corrected chi connectivity index (χ2v) is 4.48. The van der Waals surface area contributed by atoms with E-state index in [4.69, 9.17) is 0 Å². The molecule has 0 bridgehead atoms. The van der Waals surface area contributed by atoms with Crippen LogP contribution in [-0.2, 0) is 0 Å². The molecule has 0 spiro atoms. The lowest BCUT2D eigenvalue weighted by Crippen LogP contribution is -1.98. The maximum Gasteiger partial charge on any atom is 0.139 e. The van der Waals surface area contributed by atoms with Gasteiger partial charge in [-0.05, 0) is 32.9 Å². The highest BCUT2D eigenvalue weighted by Gasteiger charge is 2.12. The number of hydrogen-bond donors (Lipinski definition) is 1. The van der Waals surface area contributed by atoms with Gasteiger partial charge in [-0.3, -0.25) is 9.67 Å². The van der Waals surface area contributed by atoms with Gasteiger partial charge in [-0.1, -0.05) is 0 Å². The third kappa shape index (κ3) is 1.91. The monoisotopic (exact) mass is 254 g/mol. The SMILES string of the molecule is Cc1nc(-n2cnnc2)ccc1-c1c(C)n[nH]c1C. The fraction of sp³-hybridized carbons (Fsp3) is 0.231. The third-order valence-electron chi connectivity index (χ3n) is 3.15. The van der Waals surface area contributed by atoms with Gasteiger partial charge in [0.1, 0.15) is 18.5 Å². The molecule has 0 fully saturated rings. The lowest BCUT2D eigenvalue weighted by molar-refractivity contribution is 0.974. The second-order valence-electron chi connectivity index (χ2n) is 4.48. The van der Waals surface area contributed by atoms with Crippen LogP contribution < -0.4 is 0 Å². The molecule has 6 nitrogen and oxygen atoms in total. The number of hydrogen-bond acceptors (Lipinski definition) is 4. The molecule has 0 radical (unpaired) electrons. The fourth-order valence-corrected chi connectivity index (χ4v) is 2.22. The van der Waals surface area contributed by atoms with Crippen LogP contribution in [0.25, 0.3) is 16.9 Å². The molecule has 0 saturated heterocycles. The summed E-state index contributed by atoms with van der Waals surface area (Å²) < 4.78 is 1.78. The summed E-state index contributed by atoms with van der Waals surface area (Å²) in [6.07, 6.45) is 3.27. The van der Waals surface area contributed by atoms with E-state index in [0.717, 1.165) is 34.0 Å². The summed E-state index contributed by atoms with van der Waals surface area (Å²) in [6.45, 7) is 6.00. The van der Waals surface area contributed by atoms with Gasteiger partial charge in [0.05, 0.1) is 5.69 Å². The molecule has 0 unspecified atom stereocenters. The van der Waals surface area contributed by atoms with Gasteiger partial charge in [-0.25, -0.2) is 4.98 Å². The van der Waals surface area contributed by atoms with Gasteiger partial charge in [0.25, 0.3) is 0 Å². The zero-order valence-electron chi connectivity index (χ0n) is 11.0. The van der Waals surface area contributed by atoms with Crippen LogP contribution in [0, 0.1) is 20.8 Å². The quantitative estimate of drug-likeness (QED) is 0.759. The van der Waals surface area contributed by atoms with Gasteiger partial charge in [0.15, 0.2) is 0 Å². The smallest absolute Gasteiger partial charge is 0.139 e. The van der Waals surface area contributed by atoms with Crippen molar-refractivity contribution < 1.29 is 0 Å². The van der Waals surface area contributed by atoms with E-state index in [-0.39, 0.29) is 0 Å². The lowest BCUT2D eigenvalue weighted by Gasteiger charge is -2.08. The zero-order chi connectivity index (χ0) is 13.4. The van der Waals surface area contributed by atoms with Gasteiger partial charge in [-0.15, -0.1) is 10.2 Å². The molecule has 0 atom stereocenters. The first kappa shape index (κ1) is 11.6. The van der Waals surface area contributed by atoms with Crippen LogP contribution in [0.1, 0.15) is 17.1 Å². The molecule has 3 rings (SSSR count). The Balaban J connectivity index is 2.11. The summed E-state index contributed by atoms with van der Waals surface area (Å²) in [5, 5.41) is 14.8. The van der Waals surface area contributed by atoms with Gasteiger partial charge >= 0.3 is 0 Å². The van der Waals surface area contributed by atoms with Crippen molar-refractivity contribution in [2.24, 2.45) is 0 Å². The standard InChI is InChI=1S/C13H14N6/c1-8-11(13-9(2)17-18-10(13)3)4-5-12(16-8)19-6-14-15-7-19/h4-7H,1-3H3,(H,17,18). The van der Waals surface area contributed by atoms with E-state index in [0.29, 0.717) is 0 Å². The first-order valence-corrected chi connectivity index (χ1v) is 6.01. The lowest BCUT2D eigenvalue weighted by atomic mass is 10.0. The molecule has 96 valence electrons. The Bertz CT molecular complexity index is 691. The Hall–Kier alpha value is -2.50. The maximum atomic E-state index is 4.60. The number of pyridine rings is 1. The number of aryl methyl sites for hydroxylation is 3. The second kappa shape index (κ2) is 4.31. The molecule has 0 amide bonds. The third-order valence-corrected chi connectivity index (χ3v) is 3.15. The molecule has 19 heavy (non-hydrogen) atoms. The normalized spacial score (nSPS) is 10.9. The molecule has 0 aromatic carbocycles. The summed E-state index contributed by atoms with van der Waals surface area (Å²) >= 11 is 0. The van der Waals surface area contributed by atoms with Crippen LogP contribution >= 0.6 is 0 Å². The van der Waals surface area contributed by atoms with Gasteiger partial charge in [0, 0.05) is 22.5 Å². The van der Waals surface area contributed by atoms with Crippen molar-refractivity contribution in [1.82, 2.24) is 29.9 Å². The van der Waals surface area contributed by atoms with Crippen LogP contribution in [0.2, 0.25) is 0 Å². The van der Waals surface area contributed by atoms with E-state index < -0.39 is 0 Å². The highest BCUT2D eigenvalue weighted by atomic mass is 15.2. The molecule has 3 aromatic rings. The van der Waals surface area contributed by atoms with E-state index >= 15 is 0 Å². The molecule has 3 aromatic heterocycles. The van der Waals surface area contributed by atoms with Crippen molar-refractivity contribution in [3.05, 3.63) is 41.9 Å². The first-order valence-electron chi connectivity index (χ1n) is 6.01. The Kier molecular flexibility index (Phi) is 2.63. The zero-order valence-corrected chi connectivity index (χ0v) is 11.0. The highest BCUT2D eigenvalue weighted by Crippen LogP contribution is 2.27. The van der Waals surface area contributed by atoms with Gasteiger partial charge in [-0.2, -0.15) is 5.10 Å². The average molecular weight is 254 g/mol. The largest absolute Gasteiger partial charge is 0.282 e. The van der Waals surface area contributed by atoms with Crippen LogP contribution in [0.3, 0.4) is 0 Å². The summed E-state index contributed by atoms with van der Waals surface area (Å²) in [5.41, 5.74) is 5.22. The van der Waals surface area contributed by atoms with Crippen molar-refractivity contribution in [3.8, 4) is 16.9 Å². The van der Waals surface area contributed by atoms with E-state index in [1.165, 1.54) is 0 Å². The first-order chi connectivity index (χ1) is 9.16. The van der Waals surface area contributed by atoms with Crippen LogP contribution in [0.5, 0.6) is 0 Å². The molecule has 0 saturated carbocycles. The minimum atomic E-state index is 0.810. The van der Waals surface area contributed by atoms with Crippen molar-refractivity contribution in [3.63, 3.8) is 0 Å². The minimum Gasteiger partial charge on any atom is -0.282 e. The predicted octanol–water partition coefficient (Wildman–Crippen LogP) is 1.98. The molecule has 6 heteroatoms. The van der Waals surface area contributed by atoms with Crippen LogP contribution in [0.4, 0.5) is 0 Å². The summed E-state index contributed by atoms with van der Waals surface area (Å²) in [7, 11) is 0. The van der Waals surface area contributed by atoms with Crippen molar-refractivity contribution in [1.29, 1.82) is 0 Å². The molecular formula is C13H14N6. The van der Waals surface area contributed by atoms with E-state index in [1.807, 2.05) is 26.8 Å². The average Bonchev–Trinajstić information content (AvgIpc) is 3.01. The molecule has 0 aliphatic heterocycles. The van der Waals surface area contributed by atoms with Crippen molar-refractivity contribution >= 4 is 0 Å². The topological polar surface area (TPSA) is 72.3 Å². The van der Waals surface area contributed by atoms with Crippen molar-refractivity contribution in [2.75, 3.05) is 0 Å². The minimum absolute atomic E-state index is 0.810.